The highest BCUT2D eigenvalue weighted by atomic mass is 15.1. The largest absolute Gasteiger partial charge is 0.377 e. The van der Waals surface area contributed by atoms with Crippen LogP contribution in [0.1, 0.15) is 32.1 Å². The number of allylic oxidation sites excluding steroid dienone is 3. The van der Waals surface area contributed by atoms with Crippen molar-refractivity contribution in [2.45, 2.75) is 32.1 Å². The second-order valence-electron chi connectivity index (χ2n) is 3.74. The van der Waals surface area contributed by atoms with Crippen LogP contribution < -0.4 is 0 Å². The molecule has 2 aliphatic rings. The highest BCUT2D eigenvalue weighted by molar-refractivity contribution is 5.12. The van der Waals surface area contributed by atoms with Gasteiger partial charge in [0.15, 0.2) is 0 Å². The summed E-state index contributed by atoms with van der Waals surface area (Å²) in [5, 5.41) is 0. The van der Waals surface area contributed by atoms with Crippen LogP contribution in [-0.4, -0.2) is 18.0 Å². The van der Waals surface area contributed by atoms with Crippen molar-refractivity contribution in [1.82, 2.24) is 4.90 Å². The first kappa shape index (κ1) is 7.90. The molecular formula is C11H17N. The number of likely N-dealkylation sites (tertiary alicyclic amines) is 1. The summed E-state index contributed by atoms with van der Waals surface area (Å²) in [6, 6.07) is 0. The van der Waals surface area contributed by atoms with E-state index in [0.29, 0.717) is 0 Å². The normalized spacial score (nSPS) is 27.0. The monoisotopic (exact) mass is 163 g/mol. The van der Waals surface area contributed by atoms with Gasteiger partial charge in [-0.15, -0.1) is 0 Å². The minimum absolute atomic E-state index is 1.19. The number of rotatable bonds is 1. The smallest absolute Gasteiger partial charge is 0.0173 e. The summed E-state index contributed by atoms with van der Waals surface area (Å²) in [5.41, 5.74) is 1.62. The van der Waals surface area contributed by atoms with Crippen LogP contribution in [-0.2, 0) is 0 Å². The SMILES string of the molecule is C1=CCC(=CN2CCCC2)CC1. The van der Waals surface area contributed by atoms with Crippen molar-refractivity contribution in [3.8, 4) is 0 Å². The average Bonchev–Trinajstić information content (AvgIpc) is 2.59. The first-order chi connectivity index (χ1) is 5.95. The zero-order valence-electron chi connectivity index (χ0n) is 7.63. The first-order valence-electron chi connectivity index (χ1n) is 5.04. The van der Waals surface area contributed by atoms with E-state index in [1.165, 1.54) is 45.2 Å². The van der Waals surface area contributed by atoms with Gasteiger partial charge >= 0.3 is 0 Å². The molecule has 0 radical (unpaired) electrons. The van der Waals surface area contributed by atoms with Gasteiger partial charge in [0.25, 0.3) is 0 Å². The topological polar surface area (TPSA) is 3.24 Å². The molecule has 0 saturated carbocycles. The Hall–Kier alpha value is -0.720. The summed E-state index contributed by atoms with van der Waals surface area (Å²) < 4.78 is 0. The van der Waals surface area contributed by atoms with Crippen LogP contribution in [0.4, 0.5) is 0 Å². The van der Waals surface area contributed by atoms with Gasteiger partial charge in [-0.3, -0.25) is 0 Å². The highest BCUT2D eigenvalue weighted by Crippen LogP contribution is 2.19. The minimum Gasteiger partial charge on any atom is -0.377 e. The van der Waals surface area contributed by atoms with Gasteiger partial charge in [0.05, 0.1) is 0 Å². The first-order valence-corrected chi connectivity index (χ1v) is 5.04. The Morgan fingerprint density at radius 1 is 1.17 bits per heavy atom. The summed E-state index contributed by atoms with van der Waals surface area (Å²) in [6.45, 7) is 2.57. The van der Waals surface area contributed by atoms with E-state index in [1.807, 2.05) is 0 Å². The fraction of sp³-hybridized carbons (Fsp3) is 0.636. The zero-order valence-corrected chi connectivity index (χ0v) is 7.63. The van der Waals surface area contributed by atoms with E-state index in [1.54, 1.807) is 5.57 Å². The Morgan fingerprint density at radius 3 is 2.67 bits per heavy atom. The van der Waals surface area contributed by atoms with Gasteiger partial charge in [-0.2, -0.15) is 0 Å². The zero-order chi connectivity index (χ0) is 8.23. The molecule has 0 N–H and O–H groups in total. The summed E-state index contributed by atoms with van der Waals surface area (Å²) >= 11 is 0. The van der Waals surface area contributed by atoms with Crippen molar-refractivity contribution in [3.63, 3.8) is 0 Å². The lowest BCUT2D eigenvalue weighted by Crippen LogP contribution is -2.12. The molecule has 0 atom stereocenters. The maximum atomic E-state index is 2.48. The molecule has 1 nitrogen and oxygen atoms in total. The average molecular weight is 163 g/mol. The highest BCUT2D eigenvalue weighted by Gasteiger charge is 2.08. The molecule has 0 aromatic rings. The van der Waals surface area contributed by atoms with E-state index < -0.39 is 0 Å². The molecule has 0 aromatic heterocycles. The lowest BCUT2D eigenvalue weighted by Gasteiger charge is -2.15. The maximum absolute atomic E-state index is 2.48. The second kappa shape index (κ2) is 3.79. The molecule has 0 spiro atoms. The predicted molar refractivity (Wildman–Crippen MR) is 51.9 cm³/mol. The molecule has 0 aromatic carbocycles. The van der Waals surface area contributed by atoms with Crippen molar-refractivity contribution in [2.24, 2.45) is 0 Å². The molecule has 1 saturated heterocycles. The van der Waals surface area contributed by atoms with Crippen LogP contribution in [0.2, 0.25) is 0 Å². The molecule has 66 valence electrons. The molecule has 0 amide bonds. The van der Waals surface area contributed by atoms with Gasteiger partial charge in [-0.05, 0) is 38.3 Å². The Bertz CT molecular complexity index is 197. The van der Waals surface area contributed by atoms with E-state index in [-0.39, 0.29) is 0 Å². The van der Waals surface area contributed by atoms with E-state index in [9.17, 15) is 0 Å². The molecule has 12 heavy (non-hydrogen) atoms. The van der Waals surface area contributed by atoms with Crippen molar-refractivity contribution in [3.05, 3.63) is 23.9 Å². The third-order valence-corrected chi connectivity index (χ3v) is 2.68. The fourth-order valence-corrected chi connectivity index (χ4v) is 1.97. The maximum Gasteiger partial charge on any atom is 0.0173 e. The molecule has 1 aliphatic carbocycles. The van der Waals surface area contributed by atoms with Crippen molar-refractivity contribution in [1.29, 1.82) is 0 Å². The molecule has 0 unspecified atom stereocenters. The van der Waals surface area contributed by atoms with Crippen molar-refractivity contribution in [2.75, 3.05) is 13.1 Å². The molecule has 2 rings (SSSR count). The van der Waals surface area contributed by atoms with Crippen LogP contribution in [0.25, 0.3) is 0 Å². The van der Waals surface area contributed by atoms with Crippen molar-refractivity contribution < 1.29 is 0 Å². The quantitative estimate of drug-likeness (QED) is 0.537. The third kappa shape index (κ3) is 1.90. The molecule has 1 heterocycles. The van der Waals surface area contributed by atoms with E-state index in [0.717, 1.165) is 0 Å². The third-order valence-electron chi connectivity index (χ3n) is 2.68. The Morgan fingerprint density at radius 2 is 2.00 bits per heavy atom. The molecule has 1 heteroatoms. The summed E-state index contributed by atoms with van der Waals surface area (Å²) in [4.78, 5) is 2.48. The van der Waals surface area contributed by atoms with Crippen molar-refractivity contribution >= 4 is 0 Å². The summed E-state index contributed by atoms with van der Waals surface area (Å²) in [6.07, 6.45) is 13.5. The van der Waals surface area contributed by atoms with Gasteiger partial charge in [0.2, 0.25) is 0 Å². The number of nitrogens with zero attached hydrogens (tertiary/aromatic N) is 1. The number of hydrogen-bond acceptors (Lipinski definition) is 1. The van der Waals surface area contributed by atoms with Gasteiger partial charge in [-0.1, -0.05) is 17.7 Å². The Balaban J connectivity index is 1.92. The fourth-order valence-electron chi connectivity index (χ4n) is 1.97. The van der Waals surface area contributed by atoms with Crippen LogP contribution in [0.3, 0.4) is 0 Å². The van der Waals surface area contributed by atoms with Gasteiger partial charge in [-0.25, -0.2) is 0 Å². The van der Waals surface area contributed by atoms with E-state index in [4.69, 9.17) is 0 Å². The van der Waals surface area contributed by atoms with Gasteiger partial charge < -0.3 is 4.90 Å². The molecular weight excluding hydrogens is 146 g/mol. The number of hydrogen-bond donors (Lipinski definition) is 0. The van der Waals surface area contributed by atoms with Crippen LogP contribution >= 0.6 is 0 Å². The van der Waals surface area contributed by atoms with Crippen LogP contribution in [0, 0.1) is 0 Å². The molecule has 1 aliphatic heterocycles. The lowest BCUT2D eigenvalue weighted by atomic mass is 10.0. The minimum atomic E-state index is 1.19. The Labute approximate surface area is 74.8 Å². The summed E-state index contributed by atoms with van der Waals surface area (Å²) in [5.74, 6) is 0. The van der Waals surface area contributed by atoms with Crippen LogP contribution in [0.5, 0.6) is 0 Å². The standard InChI is InChI=1S/C11H17N/c1-2-6-11(7-3-1)10-12-8-4-5-9-12/h1-2,10H,3-9H2. The van der Waals surface area contributed by atoms with Crippen LogP contribution in [0.15, 0.2) is 23.9 Å². The molecule has 1 fully saturated rings. The predicted octanol–water partition coefficient (Wildman–Crippen LogP) is 2.71. The second-order valence-corrected chi connectivity index (χ2v) is 3.74. The van der Waals surface area contributed by atoms with E-state index in [2.05, 4.69) is 23.3 Å². The Kier molecular flexibility index (Phi) is 2.50. The van der Waals surface area contributed by atoms with Gasteiger partial charge in [0.1, 0.15) is 0 Å². The lowest BCUT2D eigenvalue weighted by molar-refractivity contribution is 0.460. The van der Waals surface area contributed by atoms with Gasteiger partial charge in [0, 0.05) is 13.1 Å². The summed E-state index contributed by atoms with van der Waals surface area (Å²) in [7, 11) is 0. The van der Waals surface area contributed by atoms with E-state index >= 15 is 0 Å². The molecule has 0 bridgehead atoms.